The third-order valence-electron chi connectivity index (χ3n) is 6.70. The van der Waals surface area contributed by atoms with Crippen molar-refractivity contribution in [3.63, 3.8) is 0 Å². The van der Waals surface area contributed by atoms with E-state index in [9.17, 15) is 33.9 Å². The number of nitrogens with two attached hydrogens (primary N) is 3. The predicted octanol–water partition coefficient (Wildman–Crippen LogP) is -1.04. The van der Waals surface area contributed by atoms with E-state index in [4.69, 9.17) is 17.2 Å². The van der Waals surface area contributed by atoms with E-state index in [1.807, 2.05) is 24.3 Å². The molecule has 0 aliphatic rings. The van der Waals surface area contributed by atoms with Crippen molar-refractivity contribution in [2.24, 2.45) is 17.2 Å². The Bertz CT molecular complexity index is 1470. The summed E-state index contributed by atoms with van der Waals surface area (Å²) in [4.78, 5) is 77.2. The minimum Gasteiger partial charge on any atom is -0.480 e. The van der Waals surface area contributed by atoms with Crippen LogP contribution in [-0.2, 0) is 41.6 Å². The fraction of sp³-hybridized carbons (Fsp3) is 0.310. The number of primary amides is 2. The zero-order valence-electron chi connectivity index (χ0n) is 23.2. The van der Waals surface area contributed by atoms with Crippen LogP contribution in [0.15, 0.2) is 60.8 Å². The molecule has 0 aliphatic heterocycles. The summed E-state index contributed by atoms with van der Waals surface area (Å²) < 4.78 is 0. The molecule has 1 heterocycles. The molecule has 2 aromatic carbocycles. The van der Waals surface area contributed by atoms with Gasteiger partial charge in [-0.05, 0) is 30.0 Å². The van der Waals surface area contributed by atoms with Crippen LogP contribution >= 0.6 is 0 Å². The lowest BCUT2D eigenvalue weighted by Gasteiger charge is -2.25. The van der Waals surface area contributed by atoms with E-state index in [1.54, 1.807) is 36.5 Å². The minimum absolute atomic E-state index is 0.0577. The van der Waals surface area contributed by atoms with Crippen LogP contribution in [0.25, 0.3) is 10.9 Å². The van der Waals surface area contributed by atoms with Crippen molar-refractivity contribution in [1.82, 2.24) is 20.9 Å². The molecule has 3 aromatic rings. The van der Waals surface area contributed by atoms with Gasteiger partial charge in [0.15, 0.2) is 0 Å². The van der Waals surface area contributed by atoms with E-state index in [0.717, 1.165) is 16.5 Å². The van der Waals surface area contributed by atoms with E-state index in [0.29, 0.717) is 5.56 Å². The van der Waals surface area contributed by atoms with Crippen molar-refractivity contribution in [3.8, 4) is 0 Å². The van der Waals surface area contributed by atoms with Crippen LogP contribution in [0.4, 0.5) is 0 Å². The van der Waals surface area contributed by atoms with Gasteiger partial charge in [0.05, 0.1) is 12.5 Å². The van der Waals surface area contributed by atoms with Gasteiger partial charge in [-0.2, -0.15) is 0 Å². The highest BCUT2D eigenvalue weighted by atomic mass is 16.4. The lowest BCUT2D eigenvalue weighted by atomic mass is 10.0. The van der Waals surface area contributed by atoms with Crippen LogP contribution in [0.2, 0.25) is 0 Å². The van der Waals surface area contributed by atoms with Gasteiger partial charge in [0.2, 0.25) is 29.5 Å². The first-order chi connectivity index (χ1) is 20.4. The summed E-state index contributed by atoms with van der Waals surface area (Å²) in [6.45, 7) is 0. The maximum Gasteiger partial charge on any atom is 0.326 e. The molecule has 3 rings (SSSR count). The fourth-order valence-corrected chi connectivity index (χ4v) is 4.47. The summed E-state index contributed by atoms with van der Waals surface area (Å²) in [5.74, 6) is -5.56. The number of carbonyl (C=O) groups excluding carboxylic acids is 5. The van der Waals surface area contributed by atoms with Crippen molar-refractivity contribution in [2.75, 3.05) is 0 Å². The van der Waals surface area contributed by atoms with Gasteiger partial charge in [0.1, 0.15) is 18.1 Å². The SMILES string of the molecule is NC(=O)CCC(NC(=O)C(N)Cc1c[nH]c2ccccc12)C(=O)NC(Cc1ccccc1)C(=O)NC(CC(N)=O)C(=O)O. The Labute approximate surface area is 246 Å². The van der Waals surface area contributed by atoms with Gasteiger partial charge in [-0.15, -0.1) is 0 Å². The normalized spacial score (nSPS) is 13.7. The Morgan fingerprint density at radius 2 is 1.35 bits per heavy atom. The molecule has 43 heavy (non-hydrogen) atoms. The highest BCUT2D eigenvalue weighted by Gasteiger charge is 2.31. The quantitative estimate of drug-likeness (QED) is 0.102. The standard InChI is InChI=1S/C29H35N7O7/c30-19(13-17-15-33-20-9-5-4-8-18(17)20)26(39)34-21(10-11-24(31)37)27(40)35-22(12-16-6-2-1-3-7-16)28(41)36-23(29(42)43)14-25(32)38/h1-9,15,19,21-23,33H,10-14,30H2,(H2,31,37)(H2,32,38)(H,34,39)(H,35,40)(H,36,41)(H,42,43). The number of carboxylic acids is 1. The van der Waals surface area contributed by atoms with Crippen molar-refractivity contribution in [1.29, 1.82) is 0 Å². The number of amides is 5. The van der Waals surface area contributed by atoms with Gasteiger partial charge in [-0.3, -0.25) is 24.0 Å². The second kappa shape index (κ2) is 15.1. The number of fused-ring (bicyclic) bond motifs is 1. The van der Waals surface area contributed by atoms with Crippen LogP contribution < -0.4 is 33.2 Å². The van der Waals surface area contributed by atoms with Gasteiger partial charge in [0, 0.05) is 29.9 Å². The Hall–Kier alpha value is -5.24. The topological polar surface area (TPSA) is 253 Å². The van der Waals surface area contributed by atoms with Crippen LogP contribution in [0.1, 0.15) is 30.4 Å². The smallest absolute Gasteiger partial charge is 0.326 e. The van der Waals surface area contributed by atoms with E-state index in [-0.39, 0.29) is 25.7 Å². The van der Waals surface area contributed by atoms with Crippen molar-refractivity contribution < 1.29 is 33.9 Å². The number of aliphatic carboxylic acids is 1. The van der Waals surface area contributed by atoms with Crippen molar-refractivity contribution in [3.05, 3.63) is 71.9 Å². The number of rotatable bonds is 16. The summed E-state index contributed by atoms with van der Waals surface area (Å²) in [6, 6.07) is 10.7. The van der Waals surface area contributed by atoms with Crippen LogP contribution in [0.5, 0.6) is 0 Å². The second-order valence-electron chi connectivity index (χ2n) is 10.1. The molecule has 228 valence electrons. The summed E-state index contributed by atoms with van der Waals surface area (Å²) >= 11 is 0. The maximum atomic E-state index is 13.4. The van der Waals surface area contributed by atoms with Crippen molar-refractivity contribution in [2.45, 2.75) is 56.3 Å². The Balaban J connectivity index is 1.77. The van der Waals surface area contributed by atoms with E-state index in [2.05, 4.69) is 20.9 Å². The average Bonchev–Trinajstić information content (AvgIpc) is 3.37. The Morgan fingerprint density at radius 1 is 0.744 bits per heavy atom. The zero-order valence-corrected chi connectivity index (χ0v) is 23.2. The van der Waals surface area contributed by atoms with Crippen LogP contribution in [0, 0.1) is 0 Å². The minimum atomic E-state index is -1.63. The predicted molar refractivity (Wildman–Crippen MR) is 156 cm³/mol. The Kier molecular flexibility index (Phi) is 11.3. The van der Waals surface area contributed by atoms with Crippen LogP contribution in [-0.4, -0.2) is 69.8 Å². The molecule has 0 bridgehead atoms. The third-order valence-corrected chi connectivity index (χ3v) is 6.70. The number of carbonyl (C=O) groups is 6. The molecule has 4 unspecified atom stereocenters. The van der Waals surface area contributed by atoms with Gasteiger partial charge >= 0.3 is 5.97 Å². The number of H-pyrrole nitrogens is 1. The number of aromatic nitrogens is 1. The second-order valence-corrected chi connectivity index (χ2v) is 10.1. The third kappa shape index (κ3) is 9.67. The molecular weight excluding hydrogens is 558 g/mol. The molecule has 5 amide bonds. The average molecular weight is 594 g/mol. The number of para-hydroxylation sites is 1. The first-order valence-corrected chi connectivity index (χ1v) is 13.5. The molecule has 0 aliphatic carbocycles. The molecule has 1 aromatic heterocycles. The first kappa shape index (κ1) is 32.3. The number of carboxylic acid groups (broad SMARTS) is 1. The largest absolute Gasteiger partial charge is 0.480 e. The lowest BCUT2D eigenvalue weighted by Crippen LogP contribution is -2.58. The number of hydrogen-bond donors (Lipinski definition) is 8. The maximum absolute atomic E-state index is 13.4. The summed E-state index contributed by atoms with van der Waals surface area (Å²) in [6.07, 6.45) is 0.716. The summed E-state index contributed by atoms with van der Waals surface area (Å²) in [7, 11) is 0. The van der Waals surface area contributed by atoms with E-state index >= 15 is 0 Å². The summed E-state index contributed by atoms with van der Waals surface area (Å²) in [5.41, 5.74) is 18.9. The zero-order chi connectivity index (χ0) is 31.5. The molecule has 0 saturated carbocycles. The first-order valence-electron chi connectivity index (χ1n) is 13.5. The van der Waals surface area contributed by atoms with Crippen LogP contribution in [0.3, 0.4) is 0 Å². The molecule has 14 nitrogen and oxygen atoms in total. The molecule has 0 spiro atoms. The number of benzene rings is 2. The van der Waals surface area contributed by atoms with Crippen molar-refractivity contribution >= 4 is 46.4 Å². The van der Waals surface area contributed by atoms with Gasteiger partial charge < -0.3 is 43.2 Å². The molecule has 0 saturated heterocycles. The van der Waals surface area contributed by atoms with Gasteiger partial charge in [0.25, 0.3) is 0 Å². The number of aromatic amines is 1. The highest BCUT2D eigenvalue weighted by molar-refractivity contribution is 5.95. The van der Waals surface area contributed by atoms with Gasteiger partial charge in [-0.1, -0.05) is 48.5 Å². The lowest BCUT2D eigenvalue weighted by molar-refractivity contribution is -0.143. The molecule has 0 fully saturated rings. The van der Waals surface area contributed by atoms with Gasteiger partial charge in [-0.25, -0.2) is 4.79 Å². The summed E-state index contributed by atoms with van der Waals surface area (Å²) in [5, 5.41) is 17.6. The fourth-order valence-electron chi connectivity index (χ4n) is 4.47. The molecule has 14 heteroatoms. The molecule has 4 atom stereocenters. The van der Waals surface area contributed by atoms with E-state index in [1.165, 1.54) is 0 Å². The highest BCUT2D eigenvalue weighted by Crippen LogP contribution is 2.19. The Morgan fingerprint density at radius 3 is 2.00 bits per heavy atom. The monoisotopic (exact) mass is 593 g/mol. The molecule has 11 N–H and O–H groups in total. The number of nitrogens with one attached hydrogen (secondary N) is 4. The van der Waals surface area contributed by atoms with E-state index < -0.39 is 66.1 Å². The molecule has 0 radical (unpaired) electrons. The molecular formula is C29H35N7O7. The number of hydrogen-bond acceptors (Lipinski definition) is 7.